The van der Waals surface area contributed by atoms with Crippen LogP contribution >= 0.6 is 11.8 Å². The average Bonchev–Trinajstić information content (AvgIpc) is 3.56. The SMILES string of the molecule is CC(C)SC1(CO/C(N)=c2/c(=C\N)cc(C(=O)NCc3ccc(C#N)cc3)c(=O)n2C)CC1. The lowest BCUT2D eigenvalue weighted by Crippen LogP contribution is -2.48. The van der Waals surface area contributed by atoms with Gasteiger partial charge < -0.3 is 26.1 Å². The highest BCUT2D eigenvalue weighted by atomic mass is 32.2. The standard InChI is InChI=1S/C24H29N5O3S/c1-15(2)33-24(8-9-24)14-32-21(27)20-18(12-26)10-19(23(31)29(20)3)22(30)28-13-17-6-4-16(11-25)5-7-17/h4-7,10,12,15H,8-9,13-14,26-27H2,1-3H3,(H,28,30)/b18-12-,21-20-. The van der Waals surface area contributed by atoms with Gasteiger partial charge >= 0.3 is 0 Å². The minimum atomic E-state index is -0.528. The van der Waals surface area contributed by atoms with E-state index in [1.54, 1.807) is 24.3 Å². The van der Waals surface area contributed by atoms with Crippen LogP contribution in [0.3, 0.4) is 0 Å². The lowest BCUT2D eigenvalue weighted by molar-refractivity contribution is 0.0948. The molecule has 174 valence electrons. The average molecular weight is 468 g/mol. The summed E-state index contributed by atoms with van der Waals surface area (Å²) in [5, 5.41) is 12.9. The van der Waals surface area contributed by atoms with E-state index in [0.717, 1.165) is 18.4 Å². The molecular formula is C24H29N5O3S. The molecule has 0 aliphatic heterocycles. The van der Waals surface area contributed by atoms with E-state index in [1.165, 1.54) is 23.9 Å². The molecule has 3 rings (SSSR count). The Bertz CT molecular complexity index is 1260. The number of nitrogens with zero attached hydrogens (tertiary/aromatic N) is 2. The number of rotatable bonds is 8. The number of hydrogen-bond acceptors (Lipinski definition) is 7. The van der Waals surface area contributed by atoms with Crippen LogP contribution in [0.2, 0.25) is 0 Å². The lowest BCUT2D eigenvalue weighted by atomic mass is 10.1. The number of ether oxygens (including phenoxy) is 1. The molecule has 1 saturated carbocycles. The molecule has 1 heterocycles. The van der Waals surface area contributed by atoms with E-state index in [9.17, 15) is 9.59 Å². The Morgan fingerprint density at radius 1 is 1.36 bits per heavy atom. The molecule has 2 aromatic rings. The molecule has 0 atom stereocenters. The molecule has 1 aromatic carbocycles. The highest BCUT2D eigenvalue weighted by molar-refractivity contribution is 8.01. The van der Waals surface area contributed by atoms with Crippen LogP contribution < -0.4 is 32.9 Å². The highest BCUT2D eigenvalue weighted by Crippen LogP contribution is 2.50. The van der Waals surface area contributed by atoms with Gasteiger partial charge in [-0.2, -0.15) is 5.26 Å². The van der Waals surface area contributed by atoms with E-state index in [4.69, 9.17) is 21.5 Å². The van der Waals surface area contributed by atoms with Gasteiger partial charge in [-0.3, -0.25) is 9.59 Å². The Labute approximate surface area is 196 Å². The van der Waals surface area contributed by atoms with Crippen molar-refractivity contribution in [1.29, 1.82) is 5.26 Å². The molecule has 1 amide bonds. The fourth-order valence-corrected chi connectivity index (χ4v) is 5.01. The Hall–Kier alpha value is -3.38. The van der Waals surface area contributed by atoms with Crippen molar-refractivity contribution < 1.29 is 9.53 Å². The molecule has 5 N–H and O–H groups in total. The van der Waals surface area contributed by atoms with E-state index >= 15 is 0 Å². The smallest absolute Gasteiger partial charge is 0.263 e. The molecule has 8 nitrogen and oxygen atoms in total. The zero-order valence-corrected chi connectivity index (χ0v) is 19.9. The number of carbonyl (C=O) groups is 1. The number of nitriles is 1. The monoisotopic (exact) mass is 467 g/mol. The zero-order chi connectivity index (χ0) is 24.2. The van der Waals surface area contributed by atoms with Crippen LogP contribution in [0.25, 0.3) is 12.1 Å². The highest BCUT2D eigenvalue weighted by Gasteiger charge is 2.45. The van der Waals surface area contributed by atoms with E-state index in [1.807, 2.05) is 17.8 Å². The summed E-state index contributed by atoms with van der Waals surface area (Å²) in [6.45, 7) is 4.96. The van der Waals surface area contributed by atoms with Gasteiger partial charge in [-0.25, -0.2) is 0 Å². The first kappa shape index (κ1) is 24.3. The van der Waals surface area contributed by atoms with Crippen molar-refractivity contribution in [1.82, 2.24) is 9.88 Å². The number of aromatic nitrogens is 1. The fourth-order valence-electron chi connectivity index (χ4n) is 3.55. The van der Waals surface area contributed by atoms with Crippen molar-refractivity contribution in [2.75, 3.05) is 6.61 Å². The Morgan fingerprint density at radius 2 is 2.03 bits per heavy atom. The molecule has 0 spiro atoms. The number of amides is 1. The molecule has 1 aliphatic carbocycles. The number of carbonyl (C=O) groups excluding carboxylic acids is 1. The van der Waals surface area contributed by atoms with Crippen LogP contribution in [0, 0.1) is 11.3 Å². The fraction of sp³-hybridized carbons (Fsp3) is 0.375. The third-order valence-electron chi connectivity index (χ3n) is 5.42. The van der Waals surface area contributed by atoms with E-state index < -0.39 is 11.5 Å². The summed E-state index contributed by atoms with van der Waals surface area (Å²) in [4.78, 5) is 25.7. The maximum Gasteiger partial charge on any atom is 0.263 e. The van der Waals surface area contributed by atoms with Crippen molar-refractivity contribution in [2.45, 2.75) is 43.2 Å². The molecule has 1 aliphatic rings. The van der Waals surface area contributed by atoms with Crippen molar-refractivity contribution in [3.63, 3.8) is 0 Å². The van der Waals surface area contributed by atoms with Crippen LogP contribution in [-0.4, -0.2) is 27.1 Å². The normalized spacial score (nSPS) is 15.7. The summed E-state index contributed by atoms with van der Waals surface area (Å²) >= 11 is 1.87. The van der Waals surface area contributed by atoms with Crippen LogP contribution in [0.15, 0.2) is 35.1 Å². The van der Waals surface area contributed by atoms with E-state index in [-0.39, 0.29) is 22.7 Å². The minimum absolute atomic E-state index is 0.0478. The van der Waals surface area contributed by atoms with Gasteiger partial charge in [0.25, 0.3) is 11.5 Å². The predicted octanol–water partition coefficient (Wildman–Crippen LogP) is 0.599. The molecule has 0 radical (unpaired) electrons. The van der Waals surface area contributed by atoms with Crippen molar-refractivity contribution in [2.24, 2.45) is 18.5 Å². The second-order valence-corrected chi connectivity index (χ2v) is 10.4. The van der Waals surface area contributed by atoms with Crippen LogP contribution in [0.1, 0.15) is 48.2 Å². The van der Waals surface area contributed by atoms with Crippen molar-refractivity contribution in [3.05, 3.63) is 67.9 Å². The molecule has 0 unspecified atom stereocenters. The minimum Gasteiger partial charge on any atom is -0.476 e. The first-order chi connectivity index (χ1) is 15.7. The van der Waals surface area contributed by atoms with Gasteiger partial charge in [-0.05, 0) is 41.9 Å². The summed E-state index contributed by atoms with van der Waals surface area (Å²) in [6.07, 6.45) is 3.44. The second kappa shape index (κ2) is 10.0. The Balaban J connectivity index is 1.83. The number of nitrogens with two attached hydrogens (primary N) is 2. The van der Waals surface area contributed by atoms with Gasteiger partial charge in [-0.15, -0.1) is 11.8 Å². The van der Waals surface area contributed by atoms with Gasteiger partial charge in [0.1, 0.15) is 17.5 Å². The maximum absolute atomic E-state index is 12.9. The first-order valence-electron chi connectivity index (χ1n) is 10.7. The number of benzene rings is 1. The predicted molar refractivity (Wildman–Crippen MR) is 130 cm³/mol. The Morgan fingerprint density at radius 3 is 2.58 bits per heavy atom. The first-order valence-corrected chi connectivity index (χ1v) is 11.6. The third-order valence-corrected chi connectivity index (χ3v) is 6.92. The number of thioether (sulfide) groups is 1. The van der Waals surface area contributed by atoms with Crippen molar-refractivity contribution in [3.8, 4) is 6.07 Å². The summed E-state index contributed by atoms with van der Waals surface area (Å²) in [7, 11) is 1.54. The molecule has 0 saturated heterocycles. The summed E-state index contributed by atoms with van der Waals surface area (Å²) < 4.78 is 7.23. The van der Waals surface area contributed by atoms with Gasteiger partial charge in [0, 0.05) is 25.0 Å². The molecule has 1 fully saturated rings. The van der Waals surface area contributed by atoms with Gasteiger partial charge in [-0.1, -0.05) is 26.0 Å². The Kier molecular flexibility index (Phi) is 7.39. The molecule has 9 heteroatoms. The zero-order valence-electron chi connectivity index (χ0n) is 19.1. The van der Waals surface area contributed by atoms with Crippen molar-refractivity contribution >= 4 is 29.8 Å². The van der Waals surface area contributed by atoms with Crippen LogP contribution in [-0.2, 0) is 18.3 Å². The third kappa shape index (κ3) is 5.71. The number of pyridine rings is 1. The van der Waals surface area contributed by atoms with Crippen LogP contribution in [0.5, 0.6) is 0 Å². The largest absolute Gasteiger partial charge is 0.476 e. The van der Waals surface area contributed by atoms with Gasteiger partial charge in [0.05, 0.1) is 16.4 Å². The summed E-state index contributed by atoms with van der Waals surface area (Å²) in [5.41, 5.74) is 12.8. The topological polar surface area (TPSA) is 136 Å². The number of hydrogen-bond donors (Lipinski definition) is 3. The summed E-state index contributed by atoms with van der Waals surface area (Å²) in [5.74, 6) is -0.425. The second-order valence-electron chi connectivity index (χ2n) is 8.39. The maximum atomic E-state index is 12.9. The van der Waals surface area contributed by atoms with E-state index in [2.05, 4.69) is 19.2 Å². The summed E-state index contributed by atoms with van der Waals surface area (Å²) in [6, 6.07) is 10.3. The number of nitrogens with one attached hydrogen (secondary N) is 1. The molecule has 0 bridgehead atoms. The molecular weight excluding hydrogens is 438 g/mol. The van der Waals surface area contributed by atoms with Gasteiger partial charge in [0.15, 0.2) is 0 Å². The van der Waals surface area contributed by atoms with Crippen LogP contribution in [0.4, 0.5) is 0 Å². The van der Waals surface area contributed by atoms with Gasteiger partial charge in [0.2, 0.25) is 5.88 Å². The quantitative estimate of drug-likeness (QED) is 0.517. The molecule has 1 aromatic heterocycles. The lowest BCUT2D eigenvalue weighted by Gasteiger charge is -2.18. The molecule has 33 heavy (non-hydrogen) atoms. The van der Waals surface area contributed by atoms with E-state index in [0.29, 0.717) is 28.0 Å².